The lowest BCUT2D eigenvalue weighted by atomic mass is 10.1. The van der Waals surface area contributed by atoms with Crippen molar-refractivity contribution in [3.05, 3.63) is 47.5 Å². The van der Waals surface area contributed by atoms with Crippen molar-refractivity contribution in [3.8, 4) is 5.75 Å². The van der Waals surface area contributed by atoms with Gasteiger partial charge in [0.25, 0.3) is 0 Å². The maximum Gasteiger partial charge on any atom is 0.407 e. The molecule has 34 heavy (non-hydrogen) atoms. The van der Waals surface area contributed by atoms with Crippen molar-refractivity contribution in [2.45, 2.75) is 58.8 Å². The first-order chi connectivity index (χ1) is 16.0. The van der Waals surface area contributed by atoms with Crippen LogP contribution in [0.4, 0.5) is 20.7 Å². The quantitative estimate of drug-likeness (QED) is 0.563. The van der Waals surface area contributed by atoms with E-state index >= 15 is 0 Å². The fraction of sp³-hybridized carbons (Fsp3) is 0.458. The fourth-order valence-corrected chi connectivity index (χ4v) is 4.03. The average molecular weight is 471 g/mol. The summed E-state index contributed by atoms with van der Waals surface area (Å²) in [6.45, 7) is 10.2. The molecule has 4 rings (SSSR count). The number of nitrogens with one attached hydrogen (secondary N) is 1. The van der Waals surface area contributed by atoms with Gasteiger partial charge in [0.1, 0.15) is 29.1 Å². The van der Waals surface area contributed by atoms with Crippen LogP contribution >= 0.6 is 0 Å². The summed E-state index contributed by atoms with van der Waals surface area (Å²) in [4.78, 5) is 18.8. The van der Waals surface area contributed by atoms with Crippen LogP contribution in [0.5, 0.6) is 5.75 Å². The summed E-state index contributed by atoms with van der Waals surface area (Å²) in [6.07, 6.45) is 3.44. The molecule has 2 aromatic heterocycles. The lowest BCUT2D eigenvalue weighted by Gasteiger charge is -2.29. The molecule has 3 heterocycles. The maximum atomic E-state index is 14.3. The summed E-state index contributed by atoms with van der Waals surface area (Å²) in [7, 11) is 0. The lowest BCUT2D eigenvalue weighted by molar-refractivity contribution is 0.0504. The van der Waals surface area contributed by atoms with Crippen molar-refractivity contribution in [1.82, 2.24) is 19.9 Å². The molecule has 0 saturated heterocycles. The van der Waals surface area contributed by atoms with Crippen molar-refractivity contribution in [2.24, 2.45) is 0 Å². The molecule has 0 saturated carbocycles. The Morgan fingerprint density at radius 3 is 2.82 bits per heavy atom. The molecule has 0 spiro atoms. The summed E-state index contributed by atoms with van der Waals surface area (Å²) >= 11 is 0. The van der Waals surface area contributed by atoms with E-state index in [0.717, 1.165) is 24.3 Å². The van der Waals surface area contributed by atoms with Gasteiger partial charge in [-0.15, -0.1) is 0 Å². The molecule has 9 nitrogen and oxygen atoms in total. The number of aromatic nitrogens is 3. The van der Waals surface area contributed by atoms with Crippen molar-refractivity contribution in [2.75, 3.05) is 23.7 Å². The second kappa shape index (κ2) is 9.00. The Bertz CT molecular complexity index is 1210. The number of fused-ring (bicyclic) bond motifs is 2. The highest BCUT2D eigenvalue weighted by Crippen LogP contribution is 2.38. The Hall–Kier alpha value is -3.56. The summed E-state index contributed by atoms with van der Waals surface area (Å²) in [5.41, 5.74) is 8.27. The number of halogens is 1. The standard InChI is InChI=1S/C24H31FN6O3/c1-14(11-27-23(32)34-24(3,4)5)33-20-7-6-17(25)10-18(20)15(2)30-9-8-16-13-31-22(29-21(16)30)19(26)12-28-31/h6-7,10,12-15H,8-9,11,26H2,1-5H3,(H,27,32)/t14-,15+/m0/s1. The lowest BCUT2D eigenvalue weighted by Crippen LogP contribution is -2.37. The summed E-state index contributed by atoms with van der Waals surface area (Å²) in [5.74, 6) is 1.00. The number of nitrogens with two attached hydrogens (primary N) is 1. The SMILES string of the molecule is C[C@H](c1cc(F)ccc1O[C@@H](C)CNC(=O)OC(C)(C)C)N1CCc2cn3ncc(N)c3nc21. The number of carbonyl (C=O) groups is 1. The zero-order valence-corrected chi connectivity index (χ0v) is 20.1. The Balaban J connectivity index is 1.52. The number of alkyl carbamates (subject to hydrolysis) is 1. The molecular formula is C24H31FN6O3. The average Bonchev–Trinajstić information content (AvgIpc) is 3.33. The van der Waals surface area contributed by atoms with E-state index in [-0.39, 0.29) is 24.5 Å². The van der Waals surface area contributed by atoms with Crippen molar-refractivity contribution in [1.29, 1.82) is 0 Å². The van der Waals surface area contributed by atoms with Gasteiger partial charge in [0.15, 0.2) is 5.65 Å². The molecule has 0 fully saturated rings. The smallest absolute Gasteiger partial charge is 0.407 e. The zero-order valence-electron chi connectivity index (χ0n) is 20.1. The molecule has 0 aliphatic carbocycles. The number of nitrogens with zero attached hydrogens (tertiary/aromatic N) is 4. The minimum Gasteiger partial charge on any atom is -0.489 e. The Labute approximate surface area is 198 Å². The molecule has 0 radical (unpaired) electrons. The van der Waals surface area contributed by atoms with E-state index in [1.807, 2.05) is 20.0 Å². The van der Waals surface area contributed by atoms with Crippen molar-refractivity contribution >= 4 is 23.2 Å². The molecule has 182 valence electrons. The molecule has 10 heteroatoms. The largest absolute Gasteiger partial charge is 0.489 e. The van der Waals surface area contributed by atoms with Crippen LogP contribution in [0.1, 0.15) is 51.8 Å². The minimum absolute atomic E-state index is 0.211. The van der Waals surface area contributed by atoms with Crippen LogP contribution in [0.2, 0.25) is 0 Å². The van der Waals surface area contributed by atoms with Gasteiger partial charge in [0.05, 0.1) is 24.5 Å². The minimum atomic E-state index is -0.582. The van der Waals surface area contributed by atoms with Gasteiger partial charge in [-0.1, -0.05) is 0 Å². The number of rotatable bonds is 6. The molecule has 1 aromatic carbocycles. The predicted octanol–water partition coefficient (Wildman–Crippen LogP) is 3.87. The van der Waals surface area contributed by atoms with Gasteiger partial charge in [0.2, 0.25) is 0 Å². The van der Waals surface area contributed by atoms with Gasteiger partial charge in [0, 0.05) is 23.9 Å². The molecule has 0 bridgehead atoms. The highest BCUT2D eigenvalue weighted by atomic mass is 19.1. The van der Waals surface area contributed by atoms with Gasteiger partial charge in [-0.05, 0) is 59.2 Å². The first-order valence-electron chi connectivity index (χ1n) is 11.3. The third-order valence-corrected chi connectivity index (χ3v) is 5.62. The molecular weight excluding hydrogens is 439 g/mol. The fourth-order valence-electron chi connectivity index (χ4n) is 4.03. The van der Waals surface area contributed by atoms with Crippen LogP contribution in [0.3, 0.4) is 0 Å². The normalized spacial score (nSPS) is 15.2. The van der Waals surface area contributed by atoms with E-state index < -0.39 is 11.7 Å². The van der Waals surface area contributed by atoms with Crippen LogP contribution in [0.15, 0.2) is 30.6 Å². The van der Waals surface area contributed by atoms with E-state index in [9.17, 15) is 9.18 Å². The topological polar surface area (TPSA) is 107 Å². The third kappa shape index (κ3) is 5.00. The van der Waals surface area contributed by atoms with Gasteiger partial charge >= 0.3 is 6.09 Å². The van der Waals surface area contributed by atoms with E-state index in [4.69, 9.17) is 20.2 Å². The van der Waals surface area contributed by atoms with E-state index in [1.54, 1.807) is 37.5 Å². The number of carbonyl (C=O) groups excluding carboxylic acids is 1. The Morgan fingerprint density at radius 1 is 1.32 bits per heavy atom. The number of hydrogen-bond acceptors (Lipinski definition) is 7. The van der Waals surface area contributed by atoms with Gasteiger partial charge in [-0.25, -0.2) is 18.7 Å². The van der Waals surface area contributed by atoms with Crippen LogP contribution in [0.25, 0.3) is 5.65 Å². The highest BCUT2D eigenvalue weighted by molar-refractivity contribution is 5.68. The van der Waals surface area contributed by atoms with Crippen molar-refractivity contribution < 1.29 is 18.7 Å². The Morgan fingerprint density at radius 2 is 2.09 bits per heavy atom. The second-order valence-electron chi connectivity index (χ2n) is 9.57. The number of anilines is 2. The van der Waals surface area contributed by atoms with Crippen LogP contribution < -0.4 is 20.7 Å². The third-order valence-electron chi connectivity index (χ3n) is 5.62. The number of benzene rings is 1. The van der Waals surface area contributed by atoms with Gasteiger partial charge in [-0.2, -0.15) is 5.10 Å². The molecule has 3 aromatic rings. The molecule has 3 N–H and O–H groups in total. The van der Waals surface area contributed by atoms with Crippen LogP contribution in [-0.2, 0) is 11.2 Å². The van der Waals surface area contributed by atoms with Gasteiger partial charge in [-0.3, -0.25) is 0 Å². The number of hydrogen-bond donors (Lipinski definition) is 2. The van der Waals surface area contributed by atoms with Crippen LogP contribution in [-0.4, -0.2) is 45.5 Å². The summed E-state index contributed by atoms with van der Waals surface area (Å²) in [6, 6.07) is 4.26. The molecule has 1 amide bonds. The molecule has 1 aliphatic heterocycles. The van der Waals surface area contributed by atoms with E-state index in [2.05, 4.69) is 15.3 Å². The molecule has 1 aliphatic rings. The summed E-state index contributed by atoms with van der Waals surface area (Å²) in [5, 5.41) is 6.94. The van der Waals surface area contributed by atoms with E-state index in [1.165, 1.54) is 12.1 Å². The number of amides is 1. The number of nitrogen functional groups attached to an aromatic ring is 1. The molecule has 0 unspecified atom stereocenters. The number of ether oxygens (including phenoxy) is 2. The Kier molecular flexibility index (Phi) is 6.24. The first-order valence-corrected chi connectivity index (χ1v) is 11.3. The van der Waals surface area contributed by atoms with Crippen molar-refractivity contribution in [3.63, 3.8) is 0 Å². The second-order valence-corrected chi connectivity index (χ2v) is 9.57. The molecule has 2 atom stereocenters. The highest BCUT2D eigenvalue weighted by Gasteiger charge is 2.29. The van der Waals surface area contributed by atoms with Gasteiger partial charge < -0.3 is 25.4 Å². The first kappa shape index (κ1) is 23.6. The summed E-state index contributed by atoms with van der Waals surface area (Å²) < 4.78 is 27.3. The zero-order chi connectivity index (χ0) is 24.6. The maximum absolute atomic E-state index is 14.3. The predicted molar refractivity (Wildman–Crippen MR) is 128 cm³/mol. The monoisotopic (exact) mass is 470 g/mol. The van der Waals surface area contributed by atoms with Crippen LogP contribution in [0, 0.1) is 5.82 Å². The van der Waals surface area contributed by atoms with E-state index in [0.29, 0.717) is 22.6 Å².